The van der Waals surface area contributed by atoms with Crippen LogP contribution in [0.15, 0.2) is 52.8 Å². The third kappa shape index (κ3) is 2.63. The number of nitriles is 1. The van der Waals surface area contributed by atoms with Crippen LogP contribution in [0.4, 0.5) is 15.9 Å². The van der Waals surface area contributed by atoms with E-state index >= 15 is 0 Å². The zero-order valence-electron chi connectivity index (χ0n) is 11.5. The van der Waals surface area contributed by atoms with Crippen LogP contribution < -0.4 is 0 Å². The van der Waals surface area contributed by atoms with E-state index in [0.29, 0.717) is 0 Å². The Morgan fingerprint density at radius 1 is 1.26 bits per heavy atom. The van der Waals surface area contributed by atoms with Crippen LogP contribution in [0.2, 0.25) is 0 Å². The first kappa shape index (κ1) is 14.3. The predicted molar refractivity (Wildman–Crippen MR) is 77.4 cm³/mol. The number of carboxylic acids is 1. The van der Waals surface area contributed by atoms with E-state index < -0.39 is 11.8 Å². The normalized spacial score (nSPS) is 11.0. The molecule has 1 N–H and O–H groups in total. The second-order valence-electron chi connectivity index (χ2n) is 4.49. The third-order valence-corrected chi connectivity index (χ3v) is 3.04. The van der Waals surface area contributed by atoms with Crippen LogP contribution in [0, 0.1) is 17.1 Å². The van der Waals surface area contributed by atoms with Gasteiger partial charge in [0.1, 0.15) is 23.2 Å². The van der Waals surface area contributed by atoms with Crippen molar-refractivity contribution in [2.45, 2.75) is 0 Å². The summed E-state index contributed by atoms with van der Waals surface area (Å²) in [4.78, 5) is 15.2. The van der Waals surface area contributed by atoms with Crippen molar-refractivity contribution < 1.29 is 14.3 Å². The average molecular weight is 309 g/mol. The maximum Gasteiger partial charge on any atom is 0.358 e. The van der Waals surface area contributed by atoms with Crippen LogP contribution in [0.1, 0.15) is 16.1 Å². The number of hydrogen-bond acceptors (Lipinski definition) is 5. The maximum atomic E-state index is 13.4. The molecule has 3 rings (SSSR count). The van der Waals surface area contributed by atoms with E-state index in [1.807, 2.05) is 6.07 Å². The Kier molecular flexibility index (Phi) is 3.52. The van der Waals surface area contributed by atoms with Gasteiger partial charge in [0.05, 0.1) is 5.56 Å². The molecule has 0 spiro atoms. The quantitative estimate of drug-likeness (QED) is 0.748. The Morgan fingerprint density at radius 3 is 2.78 bits per heavy atom. The van der Waals surface area contributed by atoms with Gasteiger partial charge in [0.15, 0.2) is 11.5 Å². The van der Waals surface area contributed by atoms with Crippen molar-refractivity contribution in [3.05, 3.63) is 59.7 Å². The van der Waals surface area contributed by atoms with Gasteiger partial charge in [-0.1, -0.05) is 12.1 Å². The predicted octanol–water partition coefficient (Wildman–Crippen LogP) is 3.46. The highest BCUT2D eigenvalue weighted by molar-refractivity contribution is 5.91. The minimum Gasteiger partial charge on any atom is -0.476 e. The lowest BCUT2D eigenvalue weighted by atomic mass is 10.2. The van der Waals surface area contributed by atoms with Gasteiger partial charge in [-0.05, 0) is 24.3 Å². The van der Waals surface area contributed by atoms with Crippen molar-refractivity contribution in [3.63, 3.8) is 0 Å². The standard InChI is InChI=1S/C15H8FN5O2/c16-10-5-6-12-18-13(15(22)23)14(21(12)8-10)20-19-11-4-2-1-3-9(11)7-17/h1-6,8H,(H,22,23). The summed E-state index contributed by atoms with van der Waals surface area (Å²) in [5, 5.41) is 26.0. The summed E-state index contributed by atoms with van der Waals surface area (Å²) in [6, 6.07) is 10.9. The molecule has 3 aromatic rings. The number of imidazole rings is 1. The largest absolute Gasteiger partial charge is 0.476 e. The van der Waals surface area contributed by atoms with Gasteiger partial charge in [0.25, 0.3) is 0 Å². The molecule has 112 valence electrons. The lowest BCUT2D eigenvalue weighted by Crippen LogP contribution is -1.96. The zero-order valence-corrected chi connectivity index (χ0v) is 11.5. The average Bonchev–Trinajstić information content (AvgIpc) is 2.91. The molecule has 0 saturated heterocycles. The van der Waals surface area contributed by atoms with E-state index in [2.05, 4.69) is 15.2 Å². The first-order valence-electron chi connectivity index (χ1n) is 6.42. The molecule has 7 nitrogen and oxygen atoms in total. The molecule has 0 unspecified atom stereocenters. The van der Waals surface area contributed by atoms with Crippen molar-refractivity contribution in [2.75, 3.05) is 0 Å². The number of aromatic carboxylic acids is 1. The summed E-state index contributed by atoms with van der Waals surface area (Å²) in [6.45, 7) is 0. The van der Waals surface area contributed by atoms with E-state index in [4.69, 9.17) is 5.26 Å². The summed E-state index contributed by atoms with van der Waals surface area (Å²) in [5.41, 5.74) is 0.436. The fourth-order valence-electron chi connectivity index (χ4n) is 2.00. The van der Waals surface area contributed by atoms with Gasteiger partial charge in [-0.3, -0.25) is 4.40 Å². The second-order valence-corrected chi connectivity index (χ2v) is 4.49. The molecular weight excluding hydrogens is 301 g/mol. The van der Waals surface area contributed by atoms with Crippen LogP contribution in [0.3, 0.4) is 0 Å². The van der Waals surface area contributed by atoms with Crippen molar-refractivity contribution in [3.8, 4) is 6.07 Å². The first-order chi connectivity index (χ1) is 11.1. The number of hydrogen-bond donors (Lipinski definition) is 1. The first-order valence-corrected chi connectivity index (χ1v) is 6.42. The molecule has 2 heterocycles. The highest BCUT2D eigenvalue weighted by Crippen LogP contribution is 2.26. The highest BCUT2D eigenvalue weighted by Gasteiger charge is 2.18. The maximum absolute atomic E-state index is 13.4. The molecule has 8 heteroatoms. The minimum absolute atomic E-state index is 0.125. The fourth-order valence-corrected chi connectivity index (χ4v) is 2.00. The van der Waals surface area contributed by atoms with Gasteiger partial charge in [0.2, 0.25) is 0 Å². The van der Waals surface area contributed by atoms with E-state index in [-0.39, 0.29) is 28.4 Å². The van der Waals surface area contributed by atoms with E-state index in [1.54, 1.807) is 24.3 Å². The van der Waals surface area contributed by atoms with Crippen molar-refractivity contribution in [1.82, 2.24) is 9.38 Å². The zero-order chi connectivity index (χ0) is 16.4. The molecule has 23 heavy (non-hydrogen) atoms. The number of pyridine rings is 1. The molecule has 0 bridgehead atoms. The molecule has 2 aromatic heterocycles. The number of azo groups is 1. The SMILES string of the molecule is N#Cc1ccccc1N=Nc1c(C(=O)O)nc2ccc(F)cn12. The van der Waals surface area contributed by atoms with Gasteiger partial charge < -0.3 is 5.11 Å². The van der Waals surface area contributed by atoms with E-state index in [0.717, 1.165) is 6.20 Å². The Morgan fingerprint density at radius 2 is 2.04 bits per heavy atom. The summed E-state index contributed by atoms with van der Waals surface area (Å²) in [5.74, 6) is -2.00. The Bertz CT molecular complexity index is 987. The van der Waals surface area contributed by atoms with Gasteiger partial charge in [-0.15, -0.1) is 10.2 Å². The number of halogens is 1. The highest BCUT2D eigenvalue weighted by atomic mass is 19.1. The Labute approximate surface area is 129 Å². The molecule has 0 amide bonds. The van der Waals surface area contributed by atoms with Crippen LogP contribution in [0.5, 0.6) is 0 Å². The fraction of sp³-hybridized carbons (Fsp3) is 0. The van der Waals surface area contributed by atoms with Gasteiger partial charge in [-0.25, -0.2) is 14.2 Å². The van der Waals surface area contributed by atoms with Crippen LogP contribution in [0.25, 0.3) is 5.65 Å². The Hall–Kier alpha value is -3.60. The number of carbonyl (C=O) groups is 1. The van der Waals surface area contributed by atoms with Crippen LogP contribution >= 0.6 is 0 Å². The van der Waals surface area contributed by atoms with Gasteiger partial charge >= 0.3 is 5.97 Å². The van der Waals surface area contributed by atoms with Crippen molar-refractivity contribution >= 4 is 23.1 Å². The lowest BCUT2D eigenvalue weighted by Gasteiger charge is -1.98. The lowest BCUT2D eigenvalue weighted by molar-refractivity contribution is 0.0692. The molecule has 0 aliphatic rings. The number of aromatic nitrogens is 2. The molecule has 0 aliphatic carbocycles. The smallest absolute Gasteiger partial charge is 0.358 e. The number of benzene rings is 1. The molecule has 0 radical (unpaired) electrons. The minimum atomic E-state index is -1.31. The van der Waals surface area contributed by atoms with Crippen molar-refractivity contribution in [1.29, 1.82) is 5.26 Å². The molecule has 0 saturated carbocycles. The molecule has 0 aliphatic heterocycles. The number of carboxylic acid groups (broad SMARTS) is 1. The summed E-state index contributed by atoms with van der Waals surface area (Å²) < 4.78 is 14.6. The van der Waals surface area contributed by atoms with Gasteiger partial charge in [0, 0.05) is 6.20 Å². The molecule has 0 atom stereocenters. The molecule has 0 fully saturated rings. The second kappa shape index (κ2) is 5.65. The number of rotatable bonds is 3. The third-order valence-electron chi connectivity index (χ3n) is 3.04. The monoisotopic (exact) mass is 309 g/mol. The van der Waals surface area contributed by atoms with Crippen LogP contribution in [-0.4, -0.2) is 20.5 Å². The summed E-state index contributed by atoms with van der Waals surface area (Å²) >= 11 is 0. The number of nitrogens with zero attached hydrogens (tertiary/aromatic N) is 5. The molecular formula is C15H8FN5O2. The number of fused-ring (bicyclic) bond motifs is 1. The summed E-state index contributed by atoms with van der Waals surface area (Å²) in [7, 11) is 0. The van der Waals surface area contributed by atoms with E-state index in [1.165, 1.54) is 16.5 Å². The Balaban J connectivity index is 2.17. The summed E-state index contributed by atoms with van der Waals surface area (Å²) in [6.07, 6.45) is 1.07. The van der Waals surface area contributed by atoms with Gasteiger partial charge in [-0.2, -0.15) is 5.26 Å². The topological polar surface area (TPSA) is 103 Å². The van der Waals surface area contributed by atoms with Crippen molar-refractivity contribution in [2.24, 2.45) is 10.2 Å². The molecule has 1 aromatic carbocycles. The van der Waals surface area contributed by atoms with E-state index in [9.17, 15) is 14.3 Å². The van der Waals surface area contributed by atoms with Crippen LogP contribution in [-0.2, 0) is 0 Å².